The topological polar surface area (TPSA) is 29.3 Å². The summed E-state index contributed by atoms with van der Waals surface area (Å²) in [5.41, 5.74) is 1.01. The maximum absolute atomic E-state index is 5.96. The van der Waals surface area contributed by atoms with Crippen LogP contribution in [0.2, 0.25) is 5.02 Å². The molecule has 0 bridgehead atoms. The second-order valence-electron chi connectivity index (χ2n) is 3.81. The number of pyridine rings is 1. The number of hydrogen-bond donors (Lipinski definition) is 1. The van der Waals surface area contributed by atoms with E-state index >= 15 is 0 Å². The summed E-state index contributed by atoms with van der Waals surface area (Å²) in [5, 5.41) is 3.93. The van der Waals surface area contributed by atoms with Crippen molar-refractivity contribution in [3.63, 3.8) is 0 Å². The second kappa shape index (κ2) is 4.73. The first-order valence-electron chi connectivity index (χ1n) is 5.11. The number of nitrogens with one attached hydrogen (secondary N) is 1. The third kappa shape index (κ3) is 2.24. The highest BCUT2D eigenvalue weighted by molar-refractivity contribution is 9.10. The first kappa shape index (κ1) is 11.9. The minimum atomic E-state index is 0.396. The van der Waals surface area contributed by atoms with Crippen molar-refractivity contribution in [1.29, 1.82) is 0 Å². The van der Waals surface area contributed by atoms with Crippen LogP contribution in [-0.2, 0) is 6.42 Å². The Kier molecular flexibility index (Phi) is 3.52. The van der Waals surface area contributed by atoms with E-state index in [-0.39, 0.29) is 0 Å². The minimum Gasteiger partial charge on any atom is -0.317 e. The van der Waals surface area contributed by atoms with Crippen LogP contribution in [0.5, 0.6) is 0 Å². The van der Waals surface area contributed by atoms with Gasteiger partial charge in [-0.25, -0.2) is 4.98 Å². The second-order valence-corrected chi connectivity index (χ2v) is 5.00. The van der Waals surface area contributed by atoms with Crippen LogP contribution >= 0.6 is 27.5 Å². The predicted molar refractivity (Wildman–Crippen MR) is 70.1 cm³/mol. The van der Waals surface area contributed by atoms with Crippen LogP contribution < -0.4 is 5.32 Å². The summed E-state index contributed by atoms with van der Waals surface area (Å²) in [6.45, 7) is 2.13. The molecule has 0 radical (unpaired) electrons. The molecule has 1 N–H and O–H groups in total. The minimum absolute atomic E-state index is 0.396. The highest BCUT2D eigenvalue weighted by Gasteiger charge is 2.11. The van der Waals surface area contributed by atoms with E-state index in [4.69, 9.17) is 11.6 Å². The fraction of sp³-hybridized carbons (Fsp3) is 0.364. The molecule has 0 saturated heterocycles. The zero-order chi connectivity index (χ0) is 11.7. The van der Waals surface area contributed by atoms with E-state index in [9.17, 15) is 0 Å². The Morgan fingerprint density at radius 3 is 3.06 bits per heavy atom. The summed E-state index contributed by atoms with van der Waals surface area (Å²) in [7, 11) is 1.95. The van der Waals surface area contributed by atoms with Gasteiger partial charge in [0.05, 0.1) is 5.52 Å². The lowest BCUT2D eigenvalue weighted by Gasteiger charge is -2.08. The van der Waals surface area contributed by atoms with E-state index in [2.05, 4.69) is 37.6 Å². The number of fused-ring (bicyclic) bond motifs is 1. The number of nitrogens with zero attached hydrogens (tertiary/aromatic N) is 2. The van der Waals surface area contributed by atoms with E-state index < -0.39 is 0 Å². The number of hydrogen-bond acceptors (Lipinski definition) is 2. The van der Waals surface area contributed by atoms with Crippen LogP contribution in [-0.4, -0.2) is 22.5 Å². The lowest BCUT2D eigenvalue weighted by atomic mass is 10.2. The summed E-state index contributed by atoms with van der Waals surface area (Å²) in [6.07, 6.45) is 2.83. The molecule has 0 aliphatic rings. The highest BCUT2D eigenvalue weighted by Crippen LogP contribution is 2.22. The van der Waals surface area contributed by atoms with Gasteiger partial charge in [-0.3, -0.25) is 0 Å². The number of halogens is 2. The molecular weight excluding hydrogens is 289 g/mol. The van der Waals surface area contributed by atoms with E-state index in [0.717, 1.165) is 27.4 Å². The lowest BCUT2D eigenvalue weighted by Crippen LogP contribution is -2.24. The summed E-state index contributed by atoms with van der Waals surface area (Å²) in [6, 6.07) is 4.18. The molecule has 86 valence electrons. The molecule has 3 nitrogen and oxygen atoms in total. The van der Waals surface area contributed by atoms with Crippen molar-refractivity contribution < 1.29 is 0 Å². The lowest BCUT2D eigenvalue weighted by molar-refractivity contribution is 0.589. The Labute approximate surface area is 108 Å². The molecular formula is C11H13BrClN3. The van der Waals surface area contributed by atoms with Gasteiger partial charge < -0.3 is 9.72 Å². The van der Waals surface area contributed by atoms with Crippen LogP contribution in [0.15, 0.2) is 22.9 Å². The van der Waals surface area contributed by atoms with Crippen LogP contribution in [0.4, 0.5) is 0 Å². The quantitative estimate of drug-likeness (QED) is 0.944. The number of likely N-dealkylation sites (N-methyl/N-ethyl adjacent to an activating group) is 1. The molecule has 0 aliphatic heterocycles. The van der Waals surface area contributed by atoms with Gasteiger partial charge in [0, 0.05) is 23.7 Å². The van der Waals surface area contributed by atoms with Gasteiger partial charge in [0.25, 0.3) is 0 Å². The molecule has 0 amide bonds. The van der Waals surface area contributed by atoms with Gasteiger partial charge in [-0.15, -0.1) is 0 Å². The molecule has 0 fully saturated rings. The van der Waals surface area contributed by atoms with Crippen LogP contribution in [0.3, 0.4) is 0 Å². The summed E-state index contributed by atoms with van der Waals surface area (Å²) in [5.74, 6) is 1.03. The fourth-order valence-electron chi connectivity index (χ4n) is 1.60. The molecule has 0 aromatic carbocycles. The smallest absolute Gasteiger partial charge is 0.132 e. The van der Waals surface area contributed by atoms with Crippen molar-refractivity contribution in [1.82, 2.24) is 14.7 Å². The van der Waals surface area contributed by atoms with E-state index in [1.165, 1.54) is 0 Å². The third-order valence-electron chi connectivity index (χ3n) is 2.62. The van der Waals surface area contributed by atoms with Crippen molar-refractivity contribution >= 4 is 33.0 Å². The summed E-state index contributed by atoms with van der Waals surface area (Å²) in [4.78, 5) is 4.50. The molecule has 0 saturated carbocycles. The van der Waals surface area contributed by atoms with Crippen LogP contribution in [0, 0.1) is 0 Å². The average molecular weight is 303 g/mol. The molecule has 5 heteroatoms. The van der Waals surface area contributed by atoms with Gasteiger partial charge in [0.15, 0.2) is 0 Å². The van der Waals surface area contributed by atoms with E-state index in [1.807, 2.05) is 25.4 Å². The predicted octanol–water partition coefficient (Wildman–Crippen LogP) is 2.90. The molecule has 2 rings (SSSR count). The summed E-state index contributed by atoms with van der Waals surface area (Å²) >= 11 is 9.41. The van der Waals surface area contributed by atoms with Crippen LogP contribution in [0.1, 0.15) is 12.7 Å². The molecule has 2 aromatic rings. The van der Waals surface area contributed by atoms with Gasteiger partial charge >= 0.3 is 0 Å². The Hall–Kier alpha value is -0.580. The Balaban J connectivity index is 2.47. The first-order valence-corrected chi connectivity index (χ1v) is 6.28. The zero-order valence-corrected chi connectivity index (χ0v) is 11.5. The van der Waals surface area contributed by atoms with Gasteiger partial charge in [-0.1, -0.05) is 11.6 Å². The Morgan fingerprint density at radius 1 is 1.62 bits per heavy atom. The zero-order valence-electron chi connectivity index (χ0n) is 9.17. The maximum atomic E-state index is 5.96. The molecule has 0 spiro atoms. The van der Waals surface area contributed by atoms with Gasteiger partial charge in [-0.05, 0) is 42.0 Å². The van der Waals surface area contributed by atoms with Gasteiger partial charge in [0.1, 0.15) is 10.4 Å². The molecule has 16 heavy (non-hydrogen) atoms. The number of aromatic nitrogens is 2. The molecule has 1 atom stereocenters. The molecule has 2 aromatic heterocycles. The van der Waals surface area contributed by atoms with Crippen molar-refractivity contribution in [2.75, 3.05) is 7.05 Å². The molecule has 2 heterocycles. The maximum Gasteiger partial charge on any atom is 0.132 e. The van der Waals surface area contributed by atoms with Crippen molar-refractivity contribution in [2.24, 2.45) is 0 Å². The number of imidazole rings is 1. The van der Waals surface area contributed by atoms with E-state index in [0.29, 0.717) is 6.04 Å². The average Bonchev–Trinajstić information content (AvgIpc) is 2.55. The van der Waals surface area contributed by atoms with Crippen molar-refractivity contribution in [3.05, 3.63) is 33.8 Å². The van der Waals surface area contributed by atoms with Gasteiger partial charge in [0.2, 0.25) is 0 Å². The fourth-order valence-corrected chi connectivity index (χ4v) is 2.27. The highest BCUT2D eigenvalue weighted by atomic mass is 79.9. The third-order valence-corrected chi connectivity index (χ3v) is 3.43. The molecule has 0 aliphatic carbocycles. The van der Waals surface area contributed by atoms with Crippen LogP contribution in [0.25, 0.3) is 5.52 Å². The Morgan fingerprint density at radius 2 is 2.38 bits per heavy atom. The summed E-state index contributed by atoms with van der Waals surface area (Å²) < 4.78 is 2.90. The van der Waals surface area contributed by atoms with E-state index in [1.54, 1.807) is 0 Å². The number of rotatable bonds is 3. The van der Waals surface area contributed by atoms with Crippen molar-refractivity contribution in [2.45, 2.75) is 19.4 Å². The normalized spacial score (nSPS) is 13.2. The monoisotopic (exact) mass is 301 g/mol. The van der Waals surface area contributed by atoms with Crippen molar-refractivity contribution in [3.8, 4) is 0 Å². The standard InChI is InChI=1S/C11H13BrClN3/c1-7(14-2)5-10-15-11(12)9-6-8(13)3-4-16(9)10/h3-4,6-7,14H,5H2,1-2H3. The van der Waals surface area contributed by atoms with Gasteiger partial charge in [-0.2, -0.15) is 0 Å². The largest absolute Gasteiger partial charge is 0.317 e. The SMILES string of the molecule is CNC(C)Cc1nc(Br)c2cc(Cl)ccn12. The Bertz CT molecular complexity index is 509. The molecule has 1 unspecified atom stereocenters. The first-order chi connectivity index (χ1) is 7.61.